The number of benzene rings is 1. The zero-order valence-corrected chi connectivity index (χ0v) is 18.3. The lowest BCUT2D eigenvalue weighted by atomic mass is 10.2. The normalized spacial score (nSPS) is 10.5. The topological polar surface area (TPSA) is 86.2 Å². The lowest BCUT2D eigenvalue weighted by Crippen LogP contribution is -2.22. The largest absolute Gasteiger partial charge is 0.490 e. The van der Waals surface area contributed by atoms with Gasteiger partial charge in [0.05, 0.1) is 18.8 Å². The van der Waals surface area contributed by atoms with Gasteiger partial charge in [-0.3, -0.25) is 14.8 Å². The Labute approximate surface area is 190 Å². The Balaban J connectivity index is 1.39. The molecule has 1 aromatic carbocycles. The van der Waals surface area contributed by atoms with Crippen molar-refractivity contribution in [1.29, 1.82) is 0 Å². The highest BCUT2D eigenvalue weighted by atomic mass is 32.1. The summed E-state index contributed by atoms with van der Waals surface area (Å²) in [5.41, 5.74) is 3.31. The number of amides is 1. The number of rotatable bonds is 9. The van der Waals surface area contributed by atoms with Gasteiger partial charge in [-0.05, 0) is 43.3 Å². The summed E-state index contributed by atoms with van der Waals surface area (Å²) >= 11 is 1.50. The van der Waals surface area contributed by atoms with Crippen molar-refractivity contribution in [3.63, 3.8) is 0 Å². The maximum absolute atomic E-state index is 12.7. The monoisotopic (exact) mass is 446 g/mol. The maximum Gasteiger partial charge on any atom is 0.251 e. The number of nitrogens with zero attached hydrogens (tertiary/aromatic N) is 3. The summed E-state index contributed by atoms with van der Waals surface area (Å²) in [6.45, 7) is 3.06. The predicted octanol–water partition coefficient (Wildman–Crippen LogP) is 4.51. The molecule has 0 atom stereocenters. The Morgan fingerprint density at radius 1 is 1.03 bits per heavy atom. The summed E-state index contributed by atoms with van der Waals surface area (Å²) in [5, 5.41) is 5.71. The molecule has 0 saturated heterocycles. The van der Waals surface area contributed by atoms with E-state index in [0.29, 0.717) is 36.8 Å². The van der Waals surface area contributed by atoms with Crippen molar-refractivity contribution in [3.05, 3.63) is 88.8 Å². The van der Waals surface area contributed by atoms with Gasteiger partial charge in [0.15, 0.2) is 11.5 Å². The molecule has 0 bridgehead atoms. The first-order valence-electron chi connectivity index (χ1n) is 10.1. The Kier molecular flexibility index (Phi) is 7.04. The minimum atomic E-state index is -0.203. The van der Waals surface area contributed by atoms with Gasteiger partial charge in [0.1, 0.15) is 11.6 Å². The molecule has 0 unspecified atom stereocenters. The fourth-order valence-corrected chi connectivity index (χ4v) is 3.73. The van der Waals surface area contributed by atoms with E-state index in [-0.39, 0.29) is 5.91 Å². The highest BCUT2D eigenvalue weighted by Gasteiger charge is 2.13. The highest BCUT2D eigenvalue weighted by molar-refractivity contribution is 7.09. The van der Waals surface area contributed by atoms with Gasteiger partial charge in [-0.1, -0.05) is 6.07 Å². The second-order valence-corrected chi connectivity index (χ2v) is 7.73. The number of pyridine rings is 2. The molecule has 7 nitrogen and oxygen atoms in total. The second kappa shape index (κ2) is 10.5. The zero-order chi connectivity index (χ0) is 22.2. The molecule has 4 rings (SSSR count). The number of ether oxygens (including phenoxy) is 2. The van der Waals surface area contributed by atoms with E-state index >= 15 is 0 Å². The standard InChI is InChI=1S/C24H22N4O3S/c1-2-30-22-12-19(5-6-21(22)31-15-17-4-3-9-26-13-17)24(29)27-14-23-28-20(16-32-23)18-7-10-25-11-8-18/h3-13,16H,2,14-15H2,1H3,(H,27,29). The molecule has 3 aromatic heterocycles. The van der Waals surface area contributed by atoms with E-state index in [1.807, 2.05) is 36.6 Å². The van der Waals surface area contributed by atoms with Gasteiger partial charge in [0.25, 0.3) is 5.91 Å². The van der Waals surface area contributed by atoms with E-state index in [1.54, 1.807) is 43.0 Å². The molecule has 32 heavy (non-hydrogen) atoms. The van der Waals surface area contributed by atoms with E-state index in [2.05, 4.69) is 20.3 Å². The Morgan fingerprint density at radius 3 is 2.69 bits per heavy atom. The van der Waals surface area contributed by atoms with Crippen LogP contribution < -0.4 is 14.8 Å². The lowest BCUT2D eigenvalue weighted by molar-refractivity contribution is 0.0950. The lowest BCUT2D eigenvalue weighted by Gasteiger charge is -2.13. The van der Waals surface area contributed by atoms with E-state index in [1.165, 1.54) is 11.3 Å². The molecular formula is C24H22N4O3S. The van der Waals surface area contributed by atoms with Crippen molar-refractivity contribution >= 4 is 17.2 Å². The second-order valence-electron chi connectivity index (χ2n) is 6.79. The molecule has 0 aliphatic rings. The Morgan fingerprint density at radius 2 is 1.91 bits per heavy atom. The van der Waals surface area contributed by atoms with Crippen molar-refractivity contribution in [2.45, 2.75) is 20.1 Å². The third-order valence-corrected chi connectivity index (χ3v) is 5.40. The van der Waals surface area contributed by atoms with Crippen LogP contribution in [0.15, 0.2) is 72.6 Å². The summed E-state index contributed by atoms with van der Waals surface area (Å²) in [6.07, 6.45) is 6.93. The smallest absolute Gasteiger partial charge is 0.251 e. The van der Waals surface area contributed by atoms with Crippen LogP contribution in [-0.4, -0.2) is 27.5 Å². The molecule has 0 radical (unpaired) electrons. The van der Waals surface area contributed by atoms with Gasteiger partial charge < -0.3 is 14.8 Å². The first-order valence-corrected chi connectivity index (χ1v) is 11.0. The van der Waals surface area contributed by atoms with Gasteiger partial charge in [0.2, 0.25) is 0 Å². The summed E-state index contributed by atoms with van der Waals surface area (Å²) in [5.74, 6) is 0.901. The van der Waals surface area contributed by atoms with E-state index < -0.39 is 0 Å². The highest BCUT2D eigenvalue weighted by Crippen LogP contribution is 2.29. The minimum Gasteiger partial charge on any atom is -0.490 e. The van der Waals surface area contributed by atoms with Crippen LogP contribution in [-0.2, 0) is 13.2 Å². The fraction of sp³-hybridized carbons (Fsp3) is 0.167. The van der Waals surface area contributed by atoms with Gasteiger partial charge in [-0.2, -0.15) is 0 Å². The predicted molar refractivity (Wildman–Crippen MR) is 123 cm³/mol. The molecule has 0 saturated carbocycles. The van der Waals surface area contributed by atoms with Crippen LogP contribution in [0.5, 0.6) is 11.5 Å². The average Bonchev–Trinajstić information content (AvgIpc) is 3.32. The van der Waals surface area contributed by atoms with Crippen molar-refractivity contribution in [1.82, 2.24) is 20.3 Å². The third-order valence-electron chi connectivity index (χ3n) is 4.55. The molecule has 1 N–H and O–H groups in total. The van der Waals surface area contributed by atoms with Crippen LogP contribution >= 0.6 is 11.3 Å². The van der Waals surface area contributed by atoms with Crippen LogP contribution in [0, 0.1) is 0 Å². The van der Waals surface area contributed by atoms with Gasteiger partial charge in [-0.15, -0.1) is 11.3 Å². The van der Waals surface area contributed by atoms with Crippen LogP contribution in [0.2, 0.25) is 0 Å². The molecular weight excluding hydrogens is 424 g/mol. The van der Waals surface area contributed by atoms with Crippen LogP contribution in [0.25, 0.3) is 11.3 Å². The molecule has 4 aromatic rings. The fourth-order valence-electron chi connectivity index (χ4n) is 2.99. The third kappa shape index (κ3) is 5.47. The molecule has 8 heteroatoms. The zero-order valence-electron chi connectivity index (χ0n) is 17.5. The molecule has 162 valence electrons. The van der Waals surface area contributed by atoms with Crippen LogP contribution in [0.4, 0.5) is 0 Å². The van der Waals surface area contributed by atoms with Crippen molar-refractivity contribution < 1.29 is 14.3 Å². The van der Waals surface area contributed by atoms with Crippen molar-refractivity contribution in [2.24, 2.45) is 0 Å². The van der Waals surface area contributed by atoms with E-state index in [9.17, 15) is 4.79 Å². The number of thiazole rings is 1. The van der Waals surface area contributed by atoms with Gasteiger partial charge >= 0.3 is 0 Å². The van der Waals surface area contributed by atoms with Gasteiger partial charge in [0, 0.05) is 46.9 Å². The average molecular weight is 447 g/mol. The molecule has 0 aliphatic heterocycles. The number of hydrogen-bond donors (Lipinski definition) is 1. The van der Waals surface area contributed by atoms with Crippen LogP contribution in [0.1, 0.15) is 27.9 Å². The van der Waals surface area contributed by atoms with Crippen molar-refractivity contribution in [3.8, 4) is 22.8 Å². The van der Waals surface area contributed by atoms with Crippen molar-refractivity contribution in [2.75, 3.05) is 6.61 Å². The number of hydrogen-bond acceptors (Lipinski definition) is 7. The van der Waals surface area contributed by atoms with E-state index in [4.69, 9.17) is 9.47 Å². The molecule has 0 fully saturated rings. The van der Waals surface area contributed by atoms with Gasteiger partial charge in [-0.25, -0.2) is 4.98 Å². The molecule has 0 aliphatic carbocycles. The SMILES string of the molecule is CCOc1cc(C(=O)NCc2nc(-c3ccncc3)cs2)ccc1OCc1cccnc1. The Bertz CT molecular complexity index is 1170. The number of carbonyl (C=O) groups excluding carboxylic acids is 1. The number of aromatic nitrogens is 3. The van der Waals surface area contributed by atoms with Crippen LogP contribution in [0.3, 0.4) is 0 Å². The maximum atomic E-state index is 12.7. The Hall–Kier alpha value is -3.78. The molecule has 1 amide bonds. The molecule has 3 heterocycles. The summed E-state index contributed by atoms with van der Waals surface area (Å²) in [6, 6.07) is 12.8. The summed E-state index contributed by atoms with van der Waals surface area (Å²) in [7, 11) is 0. The minimum absolute atomic E-state index is 0.203. The van der Waals surface area contributed by atoms with E-state index in [0.717, 1.165) is 21.8 Å². The summed E-state index contributed by atoms with van der Waals surface area (Å²) in [4.78, 5) is 25.4. The summed E-state index contributed by atoms with van der Waals surface area (Å²) < 4.78 is 11.6. The number of nitrogens with one attached hydrogen (secondary N) is 1. The first-order chi connectivity index (χ1) is 15.7. The quantitative estimate of drug-likeness (QED) is 0.407. The number of carbonyl (C=O) groups is 1. The first kappa shape index (κ1) is 21.5. The molecule has 0 spiro atoms.